The number of anilines is 3. The van der Waals surface area contributed by atoms with Gasteiger partial charge < -0.3 is 18.6 Å². The number of hydrogen-bond acceptors (Lipinski definition) is 4. The van der Waals surface area contributed by atoms with E-state index in [2.05, 4.69) is 66.2 Å². The van der Waals surface area contributed by atoms with Crippen molar-refractivity contribution >= 4 is 50.2 Å². The van der Waals surface area contributed by atoms with Gasteiger partial charge in [0.2, 0.25) is 5.88 Å². The monoisotopic (exact) mass is 354 g/mol. The molecular weight excluding hydrogens is 336 g/mol. The molecule has 4 heteroatoms. The zero-order chi connectivity index (χ0) is 18.1. The summed E-state index contributed by atoms with van der Waals surface area (Å²) in [6, 6.07) is 22.8. The topological polar surface area (TPSA) is 32.8 Å². The van der Waals surface area contributed by atoms with Gasteiger partial charge in [0.05, 0.1) is 0 Å². The number of rotatable bonds is 1. The third-order valence-electron chi connectivity index (χ3n) is 5.69. The van der Waals surface area contributed by atoms with Crippen LogP contribution < -0.4 is 9.80 Å². The van der Waals surface area contributed by atoms with Crippen LogP contribution in [0.15, 0.2) is 75.6 Å². The molecule has 0 bridgehead atoms. The van der Waals surface area contributed by atoms with Crippen molar-refractivity contribution in [1.29, 1.82) is 0 Å². The van der Waals surface area contributed by atoms with Gasteiger partial charge in [-0.05, 0) is 43.3 Å². The van der Waals surface area contributed by atoms with Crippen molar-refractivity contribution in [3.8, 4) is 0 Å². The van der Waals surface area contributed by atoms with E-state index in [0.29, 0.717) is 0 Å². The smallest absolute Gasteiger partial charge is 0.222 e. The summed E-state index contributed by atoms with van der Waals surface area (Å²) in [5.41, 5.74) is 5.02. The minimum Gasteiger partial charge on any atom is -0.456 e. The third-order valence-corrected chi connectivity index (χ3v) is 5.69. The molecule has 4 nitrogen and oxygen atoms in total. The summed E-state index contributed by atoms with van der Waals surface area (Å²) < 4.78 is 12.1. The van der Waals surface area contributed by atoms with E-state index in [9.17, 15) is 0 Å². The van der Waals surface area contributed by atoms with E-state index in [1.54, 1.807) is 0 Å². The van der Waals surface area contributed by atoms with Crippen LogP contribution in [-0.2, 0) is 0 Å². The second kappa shape index (κ2) is 5.07. The van der Waals surface area contributed by atoms with Crippen LogP contribution in [0, 0.1) is 0 Å². The lowest BCUT2D eigenvalue weighted by Gasteiger charge is -2.27. The lowest BCUT2D eigenvalue weighted by atomic mass is 10.1. The molecule has 0 N–H and O–H groups in total. The van der Waals surface area contributed by atoms with Gasteiger partial charge in [0.25, 0.3) is 0 Å². The molecule has 0 unspecified atom stereocenters. The quantitative estimate of drug-likeness (QED) is 0.355. The number of fused-ring (bicyclic) bond motifs is 6. The fraction of sp³-hybridized carbons (Fsp3) is 0.130. The largest absolute Gasteiger partial charge is 0.456 e. The van der Waals surface area contributed by atoms with Crippen LogP contribution in [0.5, 0.6) is 0 Å². The second-order valence-corrected chi connectivity index (χ2v) is 7.14. The molecule has 5 aromatic rings. The Balaban J connectivity index is 1.62. The molecule has 0 spiro atoms. The Labute approximate surface area is 156 Å². The van der Waals surface area contributed by atoms with Gasteiger partial charge in [0, 0.05) is 28.9 Å². The fourth-order valence-corrected chi connectivity index (χ4v) is 4.23. The highest BCUT2D eigenvalue weighted by molar-refractivity contribution is 6.08. The van der Waals surface area contributed by atoms with E-state index in [1.807, 2.05) is 24.3 Å². The Morgan fingerprint density at radius 3 is 2.22 bits per heavy atom. The van der Waals surface area contributed by atoms with Gasteiger partial charge in [-0.2, -0.15) is 0 Å². The molecule has 1 aliphatic heterocycles. The maximum Gasteiger partial charge on any atom is 0.222 e. The molecule has 27 heavy (non-hydrogen) atoms. The molecule has 6 rings (SSSR count). The molecule has 132 valence electrons. The van der Waals surface area contributed by atoms with E-state index in [1.165, 1.54) is 0 Å². The van der Waals surface area contributed by atoms with Crippen molar-refractivity contribution in [2.24, 2.45) is 0 Å². The molecule has 0 saturated carbocycles. The Kier molecular flexibility index (Phi) is 2.77. The van der Waals surface area contributed by atoms with Crippen LogP contribution in [0.1, 0.15) is 6.92 Å². The van der Waals surface area contributed by atoms with Crippen LogP contribution in [0.3, 0.4) is 0 Å². The van der Waals surface area contributed by atoms with E-state index >= 15 is 0 Å². The Bertz CT molecular complexity index is 1330. The molecule has 0 aliphatic carbocycles. The van der Waals surface area contributed by atoms with Crippen LogP contribution >= 0.6 is 0 Å². The molecule has 3 aromatic carbocycles. The zero-order valence-electron chi connectivity index (χ0n) is 15.1. The third kappa shape index (κ3) is 1.87. The van der Waals surface area contributed by atoms with Crippen LogP contribution in [0.2, 0.25) is 0 Å². The molecule has 0 saturated heterocycles. The summed E-state index contributed by atoms with van der Waals surface area (Å²) in [4.78, 5) is 4.54. The Hall–Kier alpha value is -3.40. The Morgan fingerprint density at radius 2 is 1.41 bits per heavy atom. The standard InChI is InChI=1S/C23H18N2O2/c1-14-24(2)23-22(17-8-4-6-10-20(17)27-23)25(14)15-11-12-21-18(13-15)16-7-3-5-9-19(16)26-21/h3-14H,1-2H3/t14-/m0/s1. The van der Waals surface area contributed by atoms with Gasteiger partial charge >= 0.3 is 0 Å². The summed E-state index contributed by atoms with van der Waals surface area (Å²) >= 11 is 0. The highest BCUT2D eigenvalue weighted by Crippen LogP contribution is 2.50. The lowest BCUT2D eigenvalue weighted by Crippen LogP contribution is -2.35. The first-order valence-electron chi connectivity index (χ1n) is 9.17. The summed E-state index contributed by atoms with van der Waals surface area (Å²) in [5, 5.41) is 3.42. The average Bonchev–Trinajstić information content (AvgIpc) is 3.32. The maximum atomic E-state index is 6.15. The van der Waals surface area contributed by atoms with Crippen molar-refractivity contribution in [3.05, 3.63) is 66.7 Å². The average molecular weight is 354 g/mol. The molecule has 0 amide bonds. The van der Waals surface area contributed by atoms with Crippen LogP contribution in [-0.4, -0.2) is 13.2 Å². The van der Waals surface area contributed by atoms with Crippen molar-refractivity contribution in [3.63, 3.8) is 0 Å². The SMILES string of the molecule is C[C@H]1N(C)c2oc3ccccc3c2N1c1ccc2oc3ccccc3c2c1. The van der Waals surface area contributed by atoms with E-state index < -0.39 is 0 Å². The van der Waals surface area contributed by atoms with Gasteiger partial charge in [0.15, 0.2) is 0 Å². The second-order valence-electron chi connectivity index (χ2n) is 7.14. The van der Waals surface area contributed by atoms with Gasteiger partial charge in [-0.1, -0.05) is 30.3 Å². The first-order valence-corrected chi connectivity index (χ1v) is 9.17. The highest BCUT2D eigenvalue weighted by atomic mass is 16.4. The molecule has 0 fully saturated rings. The number of hydrogen-bond donors (Lipinski definition) is 0. The van der Waals surface area contributed by atoms with Gasteiger partial charge in [-0.15, -0.1) is 0 Å². The number of benzene rings is 3. The fourth-order valence-electron chi connectivity index (χ4n) is 4.23. The maximum absolute atomic E-state index is 6.15. The first-order chi connectivity index (χ1) is 13.2. The molecule has 0 radical (unpaired) electrons. The van der Waals surface area contributed by atoms with Crippen molar-refractivity contribution in [1.82, 2.24) is 0 Å². The number of nitrogens with zero attached hydrogens (tertiary/aromatic N) is 2. The summed E-state index contributed by atoms with van der Waals surface area (Å²) in [6.07, 6.45) is 0.166. The molecule has 2 aromatic heterocycles. The number of para-hydroxylation sites is 2. The van der Waals surface area contributed by atoms with Gasteiger partial charge in [-0.25, -0.2) is 0 Å². The zero-order valence-corrected chi connectivity index (χ0v) is 15.1. The van der Waals surface area contributed by atoms with E-state index in [-0.39, 0.29) is 6.17 Å². The highest BCUT2D eigenvalue weighted by Gasteiger charge is 2.37. The minimum atomic E-state index is 0.166. The Morgan fingerprint density at radius 1 is 0.741 bits per heavy atom. The predicted molar refractivity (Wildman–Crippen MR) is 110 cm³/mol. The van der Waals surface area contributed by atoms with E-state index in [0.717, 1.165) is 50.2 Å². The molecule has 1 atom stereocenters. The molecule has 1 aliphatic rings. The van der Waals surface area contributed by atoms with Crippen molar-refractivity contribution < 1.29 is 8.83 Å². The number of furan rings is 2. The lowest BCUT2D eigenvalue weighted by molar-refractivity contribution is 0.589. The first kappa shape index (κ1) is 14.7. The van der Waals surface area contributed by atoms with Gasteiger partial charge in [0.1, 0.15) is 28.6 Å². The summed E-state index contributed by atoms with van der Waals surface area (Å²) in [5.74, 6) is 0.917. The normalized spacial score (nSPS) is 16.7. The van der Waals surface area contributed by atoms with Crippen molar-refractivity contribution in [2.75, 3.05) is 16.8 Å². The summed E-state index contributed by atoms with van der Waals surface area (Å²) in [7, 11) is 2.08. The van der Waals surface area contributed by atoms with Gasteiger partial charge in [-0.3, -0.25) is 0 Å². The summed E-state index contributed by atoms with van der Waals surface area (Å²) in [6.45, 7) is 2.20. The minimum absolute atomic E-state index is 0.166. The predicted octanol–water partition coefficient (Wildman–Crippen LogP) is 6.27. The van der Waals surface area contributed by atoms with Crippen LogP contribution in [0.25, 0.3) is 32.9 Å². The van der Waals surface area contributed by atoms with E-state index in [4.69, 9.17) is 8.83 Å². The van der Waals surface area contributed by atoms with Crippen LogP contribution in [0.4, 0.5) is 17.3 Å². The van der Waals surface area contributed by atoms with Crippen molar-refractivity contribution in [2.45, 2.75) is 13.1 Å². The molecule has 3 heterocycles. The molecular formula is C23H18N2O2.